The minimum absolute atomic E-state index is 0.214. The van der Waals surface area contributed by atoms with Gasteiger partial charge in [-0.2, -0.15) is 5.10 Å². The quantitative estimate of drug-likeness (QED) is 0.666. The number of fused-ring (bicyclic) bond motifs is 1. The molecule has 0 aliphatic carbocycles. The van der Waals surface area contributed by atoms with E-state index in [1.807, 2.05) is 30.1 Å². The molecule has 0 saturated carbocycles. The molecule has 0 amide bonds. The van der Waals surface area contributed by atoms with Gasteiger partial charge in [0.15, 0.2) is 0 Å². The average molecular weight is 406 g/mol. The third-order valence-corrected chi connectivity index (χ3v) is 4.84. The zero-order chi connectivity index (χ0) is 17.6. The number of rotatable bonds is 3. The van der Waals surface area contributed by atoms with Crippen LogP contribution in [0.2, 0.25) is 0 Å². The number of nitrogens with zero attached hydrogens (tertiary/aromatic N) is 5. The first-order chi connectivity index (χ1) is 12.0. The number of benzene rings is 1. The molecule has 25 heavy (non-hydrogen) atoms. The van der Waals surface area contributed by atoms with E-state index in [0.29, 0.717) is 18.3 Å². The van der Waals surface area contributed by atoms with Gasteiger partial charge >= 0.3 is 0 Å². The Labute approximate surface area is 154 Å². The van der Waals surface area contributed by atoms with Crippen LogP contribution in [0.1, 0.15) is 19.7 Å². The first-order valence-corrected chi connectivity index (χ1v) is 9.10. The van der Waals surface area contributed by atoms with E-state index in [0.717, 1.165) is 34.0 Å². The molecule has 7 nitrogen and oxygen atoms in total. The summed E-state index contributed by atoms with van der Waals surface area (Å²) in [6.07, 6.45) is 2.25. The van der Waals surface area contributed by atoms with E-state index in [9.17, 15) is 0 Å². The number of hydrogen-bond acceptors (Lipinski definition) is 6. The lowest BCUT2D eigenvalue weighted by molar-refractivity contribution is -0.0721. The first-order valence-electron chi connectivity index (χ1n) is 8.31. The lowest BCUT2D eigenvalue weighted by atomic mass is 10.1. The minimum Gasteiger partial charge on any atom is -0.419 e. The number of aromatic nitrogens is 4. The van der Waals surface area contributed by atoms with Gasteiger partial charge in [-0.3, -0.25) is 9.58 Å². The van der Waals surface area contributed by atoms with Crippen molar-refractivity contribution in [2.24, 2.45) is 7.05 Å². The molecule has 1 fully saturated rings. The normalized spacial score (nSPS) is 21.9. The van der Waals surface area contributed by atoms with Gasteiger partial charge in [0.1, 0.15) is 0 Å². The Balaban J connectivity index is 1.61. The third-order valence-electron chi connectivity index (χ3n) is 4.38. The molecular weight excluding hydrogens is 386 g/mol. The Morgan fingerprint density at radius 1 is 1.20 bits per heavy atom. The minimum atomic E-state index is 0.214. The van der Waals surface area contributed by atoms with Crippen molar-refractivity contribution in [1.82, 2.24) is 24.9 Å². The molecule has 2 atom stereocenters. The van der Waals surface area contributed by atoms with E-state index in [1.165, 1.54) is 0 Å². The Morgan fingerprint density at radius 3 is 2.72 bits per heavy atom. The van der Waals surface area contributed by atoms with Crippen molar-refractivity contribution >= 4 is 26.8 Å². The Kier molecular flexibility index (Phi) is 4.35. The second-order valence-electron chi connectivity index (χ2n) is 6.61. The maximum atomic E-state index is 5.95. The number of aryl methyl sites for hydroxylation is 1. The summed E-state index contributed by atoms with van der Waals surface area (Å²) in [7, 11) is 1.92. The molecule has 4 rings (SSSR count). The molecule has 1 aliphatic heterocycles. The highest BCUT2D eigenvalue weighted by molar-refractivity contribution is 9.10. The Hall–Kier alpha value is -1.77. The van der Waals surface area contributed by atoms with Gasteiger partial charge in [0.25, 0.3) is 0 Å². The Morgan fingerprint density at radius 2 is 1.96 bits per heavy atom. The molecular formula is C17H20BrN5O2. The summed E-state index contributed by atoms with van der Waals surface area (Å²) >= 11 is 3.55. The number of ether oxygens (including phenoxy) is 1. The van der Waals surface area contributed by atoms with Crippen LogP contribution in [0.15, 0.2) is 27.2 Å². The van der Waals surface area contributed by atoms with Crippen LogP contribution in [-0.4, -0.2) is 50.2 Å². The molecule has 1 saturated heterocycles. The van der Waals surface area contributed by atoms with Gasteiger partial charge < -0.3 is 9.15 Å². The van der Waals surface area contributed by atoms with Crippen LogP contribution >= 0.6 is 15.9 Å². The number of hydrogen-bond donors (Lipinski definition) is 0. The van der Waals surface area contributed by atoms with Crippen LogP contribution in [0.3, 0.4) is 0 Å². The molecule has 0 spiro atoms. The Bertz CT molecular complexity index is 896. The van der Waals surface area contributed by atoms with E-state index >= 15 is 0 Å². The summed E-state index contributed by atoms with van der Waals surface area (Å²) in [5.41, 5.74) is 1.90. The molecule has 8 heteroatoms. The van der Waals surface area contributed by atoms with Crippen molar-refractivity contribution in [2.45, 2.75) is 32.6 Å². The molecule has 0 unspecified atom stereocenters. The molecule has 0 radical (unpaired) electrons. The van der Waals surface area contributed by atoms with Crippen LogP contribution in [0.4, 0.5) is 0 Å². The first kappa shape index (κ1) is 16.7. The summed E-state index contributed by atoms with van der Waals surface area (Å²) in [4.78, 5) is 2.29. The molecule has 0 bridgehead atoms. The lowest BCUT2D eigenvalue weighted by Gasteiger charge is -2.34. The van der Waals surface area contributed by atoms with Crippen molar-refractivity contribution in [2.75, 3.05) is 13.1 Å². The van der Waals surface area contributed by atoms with Crippen LogP contribution < -0.4 is 0 Å². The van der Waals surface area contributed by atoms with Crippen LogP contribution in [0.5, 0.6) is 0 Å². The van der Waals surface area contributed by atoms with Crippen molar-refractivity contribution in [1.29, 1.82) is 0 Å². The zero-order valence-corrected chi connectivity index (χ0v) is 16.0. The fourth-order valence-corrected chi connectivity index (χ4v) is 3.87. The molecule has 132 valence electrons. The molecule has 1 aliphatic rings. The summed E-state index contributed by atoms with van der Waals surface area (Å²) in [6, 6.07) is 4.01. The summed E-state index contributed by atoms with van der Waals surface area (Å²) < 4.78 is 14.5. The fraction of sp³-hybridized carbons (Fsp3) is 0.471. The van der Waals surface area contributed by atoms with Crippen molar-refractivity contribution in [3.63, 3.8) is 0 Å². The fourth-order valence-electron chi connectivity index (χ4n) is 3.42. The second kappa shape index (κ2) is 6.51. The predicted molar refractivity (Wildman–Crippen MR) is 97.0 cm³/mol. The molecule has 3 aromatic rings. The number of morpholine rings is 1. The maximum absolute atomic E-state index is 5.95. The van der Waals surface area contributed by atoms with E-state index in [4.69, 9.17) is 9.15 Å². The highest BCUT2D eigenvalue weighted by atomic mass is 79.9. The highest BCUT2D eigenvalue weighted by Gasteiger charge is 2.24. The number of halogens is 1. The summed E-state index contributed by atoms with van der Waals surface area (Å²) in [5.74, 6) is 1.14. The van der Waals surface area contributed by atoms with Gasteiger partial charge in [0.2, 0.25) is 11.8 Å². The van der Waals surface area contributed by atoms with Gasteiger partial charge in [-0.25, -0.2) is 0 Å². The van der Waals surface area contributed by atoms with Crippen molar-refractivity contribution in [3.8, 4) is 11.5 Å². The smallest absolute Gasteiger partial charge is 0.248 e. The summed E-state index contributed by atoms with van der Waals surface area (Å²) in [5, 5.41) is 13.8. The average Bonchev–Trinajstić information content (AvgIpc) is 3.13. The van der Waals surface area contributed by atoms with Crippen LogP contribution in [0, 0.1) is 0 Å². The third kappa shape index (κ3) is 3.33. The maximum Gasteiger partial charge on any atom is 0.248 e. The van der Waals surface area contributed by atoms with Gasteiger partial charge in [-0.15, -0.1) is 10.2 Å². The van der Waals surface area contributed by atoms with Gasteiger partial charge in [0.05, 0.1) is 36.0 Å². The van der Waals surface area contributed by atoms with E-state index in [1.54, 1.807) is 0 Å². The molecule has 0 N–H and O–H groups in total. The van der Waals surface area contributed by atoms with Gasteiger partial charge in [-0.1, -0.05) is 15.9 Å². The molecule has 2 aromatic heterocycles. The van der Waals surface area contributed by atoms with E-state index < -0.39 is 0 Å². The predicted octanol–water partition coefficient (Wildman–Crippen LogP) is 3.00. The molecule has 3 heterocycles. The van der Waals surface area contributed by atoms with E-state index in [-0.39, 0.29) is 12.2 Å². The topological polar surface area (TPSA) is 69.2 Å². The van der Waals surface area contributed by atoms with Gasteiger partial charge in [-0.05, 0) is 26.0 Å². The SMILES string of the molecule is C[C@@H]1CN(Cc2nnc(-c3cc(Br)cc4c3cnn4C)o2)C[C@H](C)O1. The van der Waals surface area contributed by atoms with Crippen LogP contribution in [0.25, 0.3) is 22.4 Å². The molecule has 1 aromatic carbocycles. The largest absolute Gasteiger partial charge is 0.419 e. The lowest BCUT2D eigenvalue weighted by Crippen LogP contribution is -2.44. The second-order valence-corrected chi connectivity index (χ2v) is 7.52. The standard InChI is InChI=1S/C17H20BrN5O2/c1-10-7-23(8-11(2)24-10)9-16-20-21-17(25-16)13-4-12(18)5-15-14(13)6-19-22(15)3/h4-6,10-11H,7-9H2,1-3H3/t10-,11+. The van der Waals surface area contributed by atoms with Crippen LogP contribution in [-0.2, 0) is 18.3 Å². The van der Waals surface area contributed by atoms with Crippen molar-refractivity contribution in [3.05, 3.63) is 28.7 Å². The monoisotopic (exact) mass is 405 g/mol. The summed E-state index contributed by atoms with van der Waals surface area (Å²) in [6.45, 7) is 6.54. The highest BCUT2D eigenvalue weighted by Crippen LogP contribution is 2.31. The van der Waals surface area contributed by atoms with E-state index in [2.05, 4.69) is 50.0 Å². The van der Waals surface area contributed by atoms with Crippen molar-refractivity contribution < 1.29 is 9.15 Å². The zero-order valence-electron chi connectivity index (χ0n) is 14.4. The van der Waals surface area contributed by atoms with Gasteiger partial charge in [0, 0.05) is 30.0 Å².